The van der Waals surface area contributed by atoms with Gasteiger partial charge in [-0.15, -0.1) is 0 Å². The second-order valence-corrected chi connectivity index (χ2v) is 5.83. The maximum absolute atomic E-state index is 12.8. The molecule has 1 heterocycles. The summed E-state index contributed by atoms with van der Waals surface area (Å²) >= 11 is 0. The minimum Gasteiger partial charge on any atom is -0.497 e. The van der Waals surface area contributed by atoms with Gasteiger partial charge in [-0.05, 0) is 42.5 Å². The van der Waals surface area contributed by atoms with E-state index in [1.165, 1.54) is 24.6 Å². The summed E-state index contributed by atoms with van der Waals surface area (Å²) in [5.74, 6) is 1.10. The van der Waals surface area contributed by atoms with Crippen LogP contribution in [0.2, 0.25) is 0 Å². The van der Waals surface area contributed by atoms with Crippen molar-refractivity contribution in [1.82, 2.24) is 14.9 Å². The van der Waals surface area contributed by atoms with Crippen LogP contribution in [0.1, 0.15) is 40.5 Å². The number of ether oxygens (including phenoxy) is 2. The molecule has 1 unspecified atom stereocenters. The fourth-order valence-corrected chi connectivity index (χ4v) is 3.18. The lowest BCUT2D eigenvalue weighted by molar-refractivity contribution is 0.0708. The second kappa shape index (κ2) is 6.86. The summed E-state index contributed by atoms with van der Waals surface area (Å²) in [4.78, 5) is 22.6. The first-order chi connectivity index (χ1) is 11.6. The van der Waals surface area contributed by atoms with Crippen LogP contribution in [-0.2, 0) is 6.42 Å². The maximum atomic E-state index is 12.8. The molecule has 3 rings (SSSR count). The molecule has 1 atom stereocenters. The van der Waals surface area contributed by atoms with Gasteiger partial charge in [-0.1, -0.05) is 6.07 Å². The molecule has 0 fully saturated rings. The third-order valence-electron chi connectivity index (χ3n) is 4.49. The molecule has 0 saturated carbocycles. The highest BCUT2D eigenvalue weighted by atomic mass is 16.5. The summed E-state index contributed by atoms with van der Waals surface area (Å²) in [7, 11) is 5.01. The zero-order valence-corrected chi connectivity index (χ0v) is 14.2. The first kappa shape index (κ1) is 16.2. The van der Waals surface area contributed by atoms with Gasteiger partial charge in [0, 0.05) is 13.1 Å². The zero-order valence-electron chi connectivity index (χ0n) is 14.2. The Balaban J connectivity index is 1.88. The van der Waals surface area contributed by atoms with Gasteiger partial charge in [0.25, 0.3) is 5.91 Å². The lowest BCUT2D eigenvalue weighted by Gasteiger charge is -2.33. The largest absolute Gasteiger partial charge is 0.497 e. The van der Waals surface area contributed by atoms with Gasteiger partial charge in [-0.3, -0.25) is 4.79 Å². The topological polar surface area (TPSA) is 64.5 Å². The normalized spacial score (nSPS) is 16.2. The van der Waals surface area contributed by atoms with E-state index < -0.39 is 0 Å². The fraction of sp³-hybridized carbons (Fsp3) is 0.389. The Kier molecular flexibility index (Phi) is 4.64. The summed E-state index contributed by atoms with van der Waals surface area (Å²) in [6, 6.07) is 7.67. The highest BCUT2D eigenvalue weighted by Gasteiger charge is 2.28. The number of amides is 1. The van der Waals surface area contributed by atoms with Crippen molar-refractivity contribution < 1.29 is 14.3 Å². The SMILES string of the molecule is COc1ccc2c(c1)CCCC2N(C)C(=O)c1cc(OC)ncn1. The molecular formula is C18H21N3O3. The van der Waals surface area contributed by atoms with Crippen molar-refractivity contribution in [3.8, 4) is 11.6 Å². The number of fused-ring (bicyclic) bond motifs is 1. The minimum atomic E-state index is -0.135. The number of hydrogen-bond donors (Lipinski definition) is 0. The van der Waals surface area contributed by atoms with Crippen LogP contribution in [0.4, 0.5) is 0 Å². The molecule has 24 heavy (non-hydrogen) atoms. The molecule has 0 aliphatic heterocycles. The van der Waals surface area contributed by atoms with Crippen molar-refractivity contribution >= 4 is 5.91 Å². The summed E-state index contributed by atoms with van der Waals surface area (Å²) < 4.78 is 10.4. The van der Waals surface area contributed by atoms with Gasteiger partial charge in [-0.2, -0.15) is 0 Å². The first-order valence-corrected chi connectivity index (χ1v) is 7.94. The fourth-order valence-electron chi connectivity index (χ4n) is 3.18. The number of carbonyl (C=O) groups excluding carboxylic acids is 1. The Bertz CT molecular complexity index is 748. The summed E-state index contributed by atoms with van der Waals surface area (Å²) in [5, 5.41) is 0. The van der Waals surface area contributed by atoms with Crippen molar-refractivity contribution in [2.75, 3.05) is 21.3 Å². The van der Waals surface area contributed by atoms with Gasteiger partial charge in [0.15, 0.2) is 0 Å². The Hall–Kier alpha value is -2.63. The van der Waals surface area contributed by atoms with Gasteiger partial charge in [-0.25, -0.2) is 9.97 Å². The average molecular weight is 327 g/mol. The molecule has 0 N–H and O–H groups in total. The van der Waals surface area contributed by atoms with E-state index in [-0.39, 0.29) is 11.9 Å². The van der Waals surface area contributed by atoms with Crippen LogP contribution in [0.5, 0.6) is 11.6 Å². The molecule has 0 bridgehead atoms. The van der Waals surface area contributed by atoms with E-state index in [4.69, 9.17) is 9.47 Å². The third kappa shape index (κ3) is 3.04. The van der Waals surface area contributed by atoms with Crippen LogP contribution < -0.4 is 9.47 Å². The van der Waals surface area contributed by atoms with Gasteiger partial charge >= 0.3 is 0 Å². The summed E-state index contributed by atoms with van der Waals surface area (Å²) in [6.07, 6.45) is 4.32. The van der Waals surface area contributed by atoms with Crippen molar-refractivity contribution in [3.63, 3.8) is 0 Å². The van der Waals surface area contributed by atoms with Gasteiger partial charge in [0.05, 0.1) is 20.3 Å². The van der Waals surface area contributed by atoms with E-state index in [1.807, 2.05) is 13.1 Å². The van der Waals surface area contributed by atoms with E-state index in [0.29, 0.717) is 11.6 Å². The number of aromatic nitrogens is 2. The molecule has 2 aromatic rings. The molecule has 1 aromatic carbocycles. The van der Waals surface area contributed by atoms with Crippen LogP contribution in [0.3, 0.4) is 0 Å². The van der Waals surface area contributed by atoms with Crippen molar-refractivity contribution in [1.29, 1.82) is 0 Å². The molecule has 1 aromatic heterocycles. The van der Waals surface area contributed by atoms with Crippen molar-refractivity contribution in [2.24, 2.45) is 0 Å². The molecule has 0 saturated heterocycles. The lowest BCUT2D eigenvalue weighted by atomic mass is 9.86. The predicted molar refractivity (Wildman–Crippen MR) is 89.4 cm³/mol. The van der Waals surface area contributed by atoms with Crippen LogP contribution in [-0.4, -0.2) is 42.0 Å². The molecule has 6 heteroatoms. The minimum absolute atomic E-state index is 0.0353. The molecule has 1 amide bonds. The van der Waals surface area contributed by atoms with Crippen LogP contribution in [0.25, 0.3) is 0 Å². The number of rotatable bonds is 4. The van der Waals surface area contributed by atoms with E-state index in [1.54, 1.807) is 18.1 Å². The number of benzene rings is 1. The van der Waals surface area contributed by atoms with E-state index >= 15 is 0 Å². The number of carbonyl (C=O) groups is 1. The number of methoxy groups -OCH3 is 2. The van der Waals surface area contributed by atoms with Crippen LogP contribution >= 0.6 is 0 Å². The van der Waals surface area contributed by atoms with Crippen molar-refractivity contribution in [2.45, 2.75) is 25.3 Å². The Morgan fingerprint density at radius 1 is 1.21 bits per heavy atom. The Labute approximate surface area is 141 Å². The molecule has 1 aliphatic carbocycles. The van der Waals surface area contributed by atoms with Gasteiger partial charge in [0.1, 0.15) is 17.8 Å². The number of aryl methyl sites for hydroxylation is 1. The molecule has 126 valence electrons. The van der Waals surface area contributed by atoms with Crippen LogP contribution in [0.15, 0.2) is 30.6 Å². The highest BCUT2D eigenvalue weighted by molar-refractivity contribution is 5.92. The standard InChI is InChI=1S/C18H21N3O3/c1-21(18(22)15-10-17(24-3)20-11-19-15)16-6-4-5-12-9-13(23-2)7-8-14(12)16/h7-11,16H,4-6H2,1-3H3. The second-order valence-electron chi connectivity index (χ2n) is 5.83. The number of hydrogen-bond acceptors (Lipinski definition) is 5. The number of nitrogens with zero attached hydrogens (tertiary/aromatic N) is 3. The third-order valence-corrected chi connectivity index (χ3v) is 4.49. The predicted octanol–water partition coefficient (Wildman–Crippen LogP) is 2.64. The molecule has 0 spiro atoms. The van der Waals surface area contributed by atoms with Gasteiger partial charge < -0.3 is 14.4 Å². The maximum Gasteiger partial charge on any atom is 0.272 e. The first-order valence-electron chi connectivity index (χ1n) is 7.94. The molecule has 1 aliphatic rings. The molecule has 0 radical (unpaired) electrons. The summed E-state index contributed by atoms with van der Waals surface area (Å²) in [6.45, 7) is 0. The quantitative estimate of drug-likeness (QED) is 0.864. The van der Waals surface area contributed by atoms with Crippen molar-refractivity contribution in [3.05, 3.63) is 47.4 Å². The molecule has 6 nitrogen and oxygen atoms in total. The zero-order chi connectivity index (χ0) is 17.1. The molecular weight excluding hydrogens is 306 g/mol. The highest BCUT2D eigenvalue weighted by Crippen LogP contribution is 2.36. The van der Waals surface area contributed by atoms with E-state index in [2.05, 4.69) is 22.1 Å². The van der Waals surface area contributed by atoms with Crippen LogP contribution in [0, 0.1) is 0 Å². The Morgan fingerprint density at radius 2 is 2.04 bits per heavy atom. The average Bonchev–Trinajstić information content (AvgIpc) is 2.65. The van der Waals surface area contributed by atoms with Gasteiger partial charge in [0.2, 0.25) is 5.88 Å². The van der Waals surface area contributed by atoms with E-state index in [0.717, 1.165) is 25.0 Å². The lowest BCUT2D eigenvalue weighted by Crippen LogP contribution is -2.33. The Morgan fingerprint density at radius 3 is 2.79 bits per heavy atom. The monoisotopic (exact) mass is 327 g/mol. The van der Waals surface area contributed by atoms with E-state index in [9.17, 15) is 4.79 Å². The smallest absolute Gasteiger partial charge is 0.272 e. The summed E-state index contributed by atoms with van der Waals surface area (Å²) in [5.41, 5.74) is 2.76.